The lowest BCUT2D eigenvalue weighted by atomic mass is 9.93. The van der Waals surface area contributed by atoms with Crippen molar-refractivity contribution >= 4 is 10.1 Å². The van der Waals surface area contributed by atoms with Crippen molar-refractivity contribution in [2.45, 2.75) is 96.4 Å². The fourth-order valence-electron chi connectivity index (χ4n) is 4.90. The van der Waals surface area contributed by atoms with E-state index in [4.69, 9.17) is 9.47 Å². The van der Waals surface area contributed by atoms with Crippen molar-refractivity contribution in [3.63, 3.8) is 0 Å². The topological polar surface area (TPSA) is 61.8 Å². The second kappa shape index (κ2) is 17.9. The van der Waals surface area contributed by atoms with Crippen LogP contribution in [-0.2, 0) is 10.1 Å². The molecule has 0 saturated heterocycles. The van der Waals surface area contributed by atoms with Gasteiger partial charge in [-0.1, -0.05) is 114 Å². The van der Waals surface area contributed by atoms with Crippen molar-refractivity contribution in [2.24, 2.45) is 0 Å². The van der Waals surface area contributed by atoms with Gasteiger partial charge >= 0.3 is 15.6 Å². The van der Waals surface area contributed by atoms with Gasteiger partial charge in [0, 0.05) is 5.56 Å². The van der Waals surface area contributed by atoms with Crippen LogP contribution in [0.2, 0.25) is 0 Å². The summed E-state index contributed by atoms with van der Waals surface area (Å²) < 4.78 is 80.2. The summed E-state index contributed by atoms with van der Waals surface area (Å²) in [4.78, 5) is 0. The van der Waals surface area contributed by atoms with Crippen molar-refractivity contribution in [1.82, 2.24) is 0 Å². The van der Waals surface area contributed by atoms with Gasteiger partial charge in [-0.2, -0.15) is 21.6 Å². The van der Waals surface area contributed by atoms with Crippen LogP contribution in [0.3, 0.4) is 0 Å². The third-order valence-electron chi connectivity index (χ3n) is 7.35. The molecular weight excluding hydrogens is 589 g/mol. The molecule has 3 aromatic rings. The van der Waals surface area contributed by atoms with Crippen molar-refractivity contribution in [3.05, 3.63) is 66.7 Å². The highest BCUT2D eigenvalue weighted by atomic mass is 32.2. The zero-order valence-corrected chi connectivity index (χ0v) is 26.7. The summed E-state index contributed by atoms with van der Waals surface area (Å²) in [6.07, 6.45) is 13.8. The Labute approximate surface area is 260 Å². The minimum absolute atomic E-state index is 0.226. The number of hydrogen-bond donors (Lipinski definition) is 0. The Hall–Kier alpha value is -3.20. The van der Waals surface area contributed by atoms with E-state index in [1.165, 1.54) is 63.5 Å². The predicted octanol–water partition coefficient (Wildman–Crippen LogP) is 10.7. The van der Waals surface area contributed by atoms with Gasteiger partial charge in [-0.15, -0.1) is 0 Å². The first-order chi connectivity index (χ1) is 21.2. The number of ether oxygens (including phenoxy) is 2. The van der Waals surface area contributed by atoms with Crippen LogP contribution in [0, 0.1) is 0 Å². The van der Waals surface area contributed by atoms with E-state index in [0.717, 1.165) is 25.7 Å². The first-order valence-corrected chi connectivity index (χ1v) is 17.2. The van der Waals surface area contributed by atoms with Crippen molar-refractivity contribution in [2.75, 3.05) is 13.2 Å². The highest BCUT2D eigenvalue weighted by Gasteiger charge is 2.49. The standard InChI is InChI=1S/C35H45F3O5S/c1-3-5-7-9-11-13-26-41-30-22-18-28(19-23-30)32-16-15-17-33(43-44(39,40)35(36,37)38)34(32)29-20-24-31(25-21-29)42-27-14-12-10-8-6-4-2/h15-25H,3-14,26-27H2,1-2H3. The molecule has 0 atom stereocenters. The Balaban J connectivity index is 1.79. The molecule has 0 amide bonds. The van der Waals surface area contributed by atoms with E-state index in [2.05, 4.69) is 18.0 Å². The van der Waals surface area contributed by atoms with E-state index < -0.39 is 21.4 Å². The van der Waals surface area contributed by atoms with E-state index in [-0.39, 0.29) is 5.56 Å². The van der Waals surface area contributed by atoms with Crippen LogP contribution >= 0.6 is 0 Å². The monoisotopic (exact) mass is 634 g/mol. The highest BCUT2D eigenvalue weighted by molar-refractivity contribution is 7.88. The molecule has 44 heavy (non-hydrogen) atoms. The fourth-order valence-corrected chi connectivity index (χ4v) is 5.37. The summed E-state index contributed by atoms with van der Waals surface area (Å²) in [6.45, 7) is 5.53. The molecule has 0 fully saturated rings. The van der Waals surface area contributed by atoms with Crippen LogP contribution in [0.1, 0.15) is 90.9 Å². The van der Waals surface area contributed by atoms with Gasteiger partial charge in [0.25, 0.3) is 0 Å². The maximum absolute atomic E-state index is 13.3. The number of benzene rings is 3. The number of halogens is 3. The van der Waals surface area contributed by atoms with Gasteiger partial charge in [0.15, 0.2) is 5.75 Å². The summed E-state index contributed by atoms with van der Waals surface area (Å²) in [7, 11) is -5.88. The van der Waals surface area contributed by atoms with Crippen LogP contribution in [0.15, 0.2) is 66.7 Å². The molecule has 0 unspecified atom stereocenters. The summed E-state index contributed by atoms with van der Waals surface area (Å²) in [6, 6.07) is 18.5. The molecule has 3 rings (SSSR count). The Bertz CT molecular complexity index is 1350. The second-order valence-corrected chi connectivity index (χ2v) is 12.5. The summed E-state index contributed by atoms with van der Waals surface area (Å²) in [5.41, 5.74) is -3.66. The molecule has 0 aliphatic carbocycles. The van der Waals surface area contributed by atoms with Crippen LogP contribution in [-0.4, -0.2) is 27.1 Å². The predicted molar refractivity (Wildman–Crippen MR) is 171 cm³/mol. The Morgan fingerprint density at radius 3 is 1.52 bits per heavy atom. The highest BCUT2D eigenvalue weighted by Crippen LogP contribution is 2.42. The number of hydrogen-bond acceptors (Lipinski definition) is 5. The van der Waals surface area contributed by atoms with Crippen molar-refractivity contribution in [3.8, 4) is 39.5 Å². The summed E-state index contributed by atoms with van der Waals surface area (Å²) >= 11 is 0. The van der Waals surface area contributed by atoms with E-state index in [0.29, 0.717) is 41.4 Å². The lowest BCUT2D eigenvalue weighted by Crippen LogP contribution is -2.28. The first kappa shape index (κ1) is 35.3. The maximum atomic E-state index is 13.3. The molecule has 0 aliphatic rings. The molecule has 3 aromatic carbocycles. The average Bonchev–Trinajstić information content (AvgIpc) is 3.00. The molecule has 0 N–H and O–H groups in total. The average molecular weight is 635 g/mol. The summed E-state index contributed by atoms with van der Waals surface area (Å²) in [5.74, 6) is 0.892. The van der Waals surface area contributed by atoms with E-state index in [9.17, 15) is 21.6 Å². The molecule has 0 heterocycles. The zero-order chi connectivity index (χ0) is 31.8. The Kier molecular flexibility index (Phi) is 14.4. The number of rotatable bonds is 20. The van der Waals surface area contributed by atoms with Gasteiger partial charge in [0.2, 0.25) is 0 Å². The van der Waals surface area contributed by atoms with Crippen LogP contribution in [0.5, 0.6) is 17.2 Å². The summed E-state index contributed by atoms with van der Waals surface area (Å²) in [5, 5.41) is 0. The third-order valence-corrected chi connectivity index (χ3v) is 8.32. The van der Waals surface area contributed by atoms with Gasteiger partial charge < -0.3 is 13.7 Å². The molecule has 0 aliphatic heterocycles. The molecule has 0 saturated carbocycles. The number of unbranched alkanes of at least 4 members (excludes halogenated alkanes) is 10. The van der Waals surface area contributed by atoms with Crippen LogP contribution < -0.4 is 13.7 Å². The molecule has 9 heteroatoms. The van der Waals surface area contributed by atoms with E-state index >= 15 is 0 Å². The van der Waals surface area contributed by atoms with Crippen LogP contribution in [0.4, 0.5) is 13.2 Å². The molecule has 242 valence electrons. The van der Waals surface area contributed by atoms with Gasteiger partial charge in [-0.05, 0) is 59.9 Å². The lowest BCUT2D eigenvalue weighted by molar-refractivity contribution is -0.0499. The molecule has 0 radical (unpaired) electrons. The Morgan fingerprint density at radius 2 is 1.05 bits per heavy atom. The zero-order valence-electron chi connectivity index (χ0n) is 25.8. The smallest absolute Gasteiger partial charge is 0.494 e. The maximum Gasteiger partial charge on any atom is 0.534 e. The normalized spacial score (nSPS) is 11.8. The minimum atomic E-state index is -5.88. The SMILES string of the molecule is CCCCCCCCOc1ccc(-c2cccc(OS(=O)(=O)C(F)(F)F)c2-c2ccc(OCCCCCCCC)cc2)cc1. The minimum Gasteiger partial charge on any atom is -0.494 e. The molecule has 0 bridgehead atoms. The first-order valence-electron chi connectivity index (χ1n) is 15.8. The molecule has 0 spiro atoms. The van der Waals surface area contributed by atoms with Gasteiger partial charge in [-0.3, -0.25) is 0 Å². The number of alkyl halides is 3. The molecule has 0 aromatic heterocycles. The lowest BCUT2D eigenvalue weighted by Gasteiger charge is -2.17. The van der Waals surface area contributed by atoms with E-state index in [1.807, 2.05) is 0 Å². The van der Waals surface area contributed by atoms with Gasteiger partial charge in [0.05, 0.1) is 13.2 Å². The second-order valence-electron chi connectivity index (χ2n) is 10.9. The third kappa shape index (κ3) is 11.1. The van der Waals surface area contributed by atoms with Crippen molar-refractivity contribution in [1.29, 1.82) is 0 Å². The van der Waals surface area contributed by atoms with Crippen LogP contribution in [0.25, 0.3) is 22.3 Å². The quantitative estimate of drug-likeness (QED) is 0.0703. The van der Waals surface area contributed by atoms with E-state index in [1.54, 1.807) is 54.6 Å². The largest absolute Gasteiger partial charge is 0.534 e. The fraction of sp³-hybridized carbons (Fsp3) is 0.486. The van der Waals surface area contributed by atoms with Crippen molar-refractivity contribution < 1.29 is 35.2 Å². The van der Waals surface area contributed by atoms with Gasteiger partial charge in [-0.25, -0.2) is 0 Å². The van der Waals surface area contributed by atoms with Gasteiger partial charge in [0.1, 0.15) is 11.5 Å². The Morgan fingerprint density at radius 1 is 0.591 bits per heavy atom. The molecule has 5 nitrogen and oxygen atoms in total. The molecular formula is C35H45F3O5S.